The van der Waals surface area contributed by atoms with Crippen LogP contribution >= 0.6 is 11.6 Å². The van der Waals surface area contributed by atoms with Crippen molar-refractivity contribution in [2.24, 2.45) is 0 Å². The van der Waals surface area contributed by atoms with Crippen LogP contribution < -0.4 is 10.9 Å². The summed E-state index contributed by atoms with van der Waals surface area (Å²) in [6.07, 6.45) is 3.00. The van der Waals surface area contributed by atoms with Gasteiger partial charge in [0.15, 0.2) is 0 Å². The fourth-order valence-electron chi connectivity index (χ4n) is 2.36. The first-order valence-corrected chi connectivity index (χ1v) is 8.19. The average molecular weight is 370 g/mol. The number of aromatic amines is 1. The highest BCUT2D eigenvalue weighted by molar-refractivity contribution is 6.32. The summed E-state index contributed by atoms with van der Waals surface area (Å²) in [7, 11) is 0. The molecule has 2 N–H and O–H groups in total. The molecule has 1 aromatic carbocycles. The Morgan fingerprint density at radius 3 is 2.73 bits per heavy atom. The molecule has 7 nitrogen and oxygen atoms in total. The van der Waals surface area contributed by atoms with Gasteiger partial charge in [0.05, 0.1) is 5.69 Å². The number of nitrogens with one attached hydrogen (secondary N) is 2. The quantitative estimate of drug-likeness (QED) is 0.691. The Morgan fingerprint density at radius 1 is 1.23 bits per heavy atom. The molecular formula is C18H16ClN5O2. The van der Waals surface area contributed by atoms with Crippen molar-refractivity contribution in [3.8, 4) is 5.95 Å². The second kappa shape index (κ2) is 7.37. The largest absolute Gasteiger partial charge is 0.307 e. The van der Waals surface area contributed by atoms with Crippen LogP contribution in [0.25, 0.3) is 12.0 Å². The molecule has 0 aliphatic heterocycles. The summed E-state index contributed by atoms with van der Waals surface area (Å²) in [5, 5.41) is 7.56. The first-order chi connectivity index (χ1) is 12.4. The fourth-order valence-corrected chi connectivity index (χ4v) is 2.56. The molecule has 0 radical (unpaired) electrons. The van der Waals surface area contributed by atoms with Crippen molar-refractivity contribution in [2.75, 3.05) is 5.32 Å². The van der Waals surface area contributed by atoms with Crippen LogP contribution in [0.2, 0.25) is 5.02 Å². The Morgan fingerprint density at radius 2 is 2.00 bits per heavy atom. The molecule has 3 aromatic rings. The molecule has 2 aromatic heterocycles. The van der Waals surface area contributed by atoms with E-state index in [9.17, 15) is 9.59 Å². The van der Waals surface area contributed by atoms with Crippen molar-refractivity contribution in [1.29, 1.82) is 0 Å². The van der Waals surface area contributed by atoms with Crippen LogP contribution in [0.3, 0.4) is 0 Å². The van der Waals surface area contributed by atoms with Crippen LogP contribution in [-0.4, -0.2) is 25.7 Å². The maximum absolute atomic E-state index is 12.2. The van der Waals surface area contributed by atoms with Gasteiger partial charge in [0.2, 0.25) is 11.9 Å². The monoisotopic (exact) mass is 369 g/mol. The van der Waals surface area contributed by atoms with E-state index in [4.69, 9.17) is 11.6 Å². The second-order valence-electron chi connectivity index (χ2n) is 5.64. The van der Waals surface area contributed by atoms with E-state index < -0.39 is 0 Å². The number of benzene rings is 1. The van der Waals surface area contributed by atoms with E-state index in [1.165, 1.54) is 16.8 Å². The normalized spacial score (nSPS) is 11.0. The summed E-state index contributed by atoms with van der Waals surface area (Å²) >= 11 is 6.07. The summed E-state index contributed by atoms with van der Waals surface area (Å²) in [4.78, 5) is 30.8. The van der Waals surface area contributed by atoms with Crippen LogP contribution in [0.15, 0.2) is 47.3 Å². The SMILES string of the molecule is Cc1cc(=O)[nH]c(-n2nc(C)cc2NC(=O)/C=C/c2ccccc2Cl)n1. The first-order valence-electron chi connectivity index (χ1n) is 7.81. The molecular weight excluding hydrogens is 354 g/mol. The van der Waals surface area contributed by atoms with E-state index in [0.29, 0.717) is 22.2 Å². The number of nitrogens with zero attached hydrogens (tertiary/aromatic N) is 3. The number of carbonyl (C=O) groups is 1. The third kappa shape index (κ3) is 4.07. The number of hydrogen-bond acceptors (Lipinski definition) is 4. The zero-order chi connectivity index (χ0) is 18.7. The molecule has 0 aliphatic carbocycles. The van der Waals surface area contributed by atoms with Crippen LogP contribution in [0, 0.1) is 13.8 Å². The number of carbonyl (C=O) groups excluding carboxylic acids is 1. The summed E-state index contributed by atoms with van der Waals surface area (Å²) in [5.41, 5.74) is 1.66. The van der Waals surface area contributed by atoms with Crippen molar-refractivity contribution >= 4 is 29.4 Å². The van der Waals surface area contributed by atoms with Crippen LogP contribution in [0.4, 0.5) is 5.82 Å². The molecule has 8 heteroatoms. The third-order valence-electron chi connectivity index (χ3n) is 3.46. The maximum atomic E-state index is 12.2. The summed E-state index contributed by atoms with van der Waals surface area (Å²) in [6.45, 7) is 3.49. The van der Waals surface area contributed by atoms with E-state index in [1.54, 1.807) is 32.1 Å². The Labute approximate surface area is 154 Å². The molecule has 1 amide bonds. The first kappa shape index (κ1) is 17.6. The number of anilines is 1. The van der Waals surface area contributed by atoms with Crippen LogP contribution in [0.5, 0.6) is 0 Å². The van der Waals surface area contributed by atoms with Crippen molar-refractivity contribution in [3.05, 3.63) is 74.8 Å². The van der Waals surface area contributed by atoms with Crippen molar-refractivity contribution in [2.45, 2.75) is 13.8 Å². The lowest BCUT2D eigenvalue weighted by Gasteiger charge is -2.07. The number of hydrogen-bond donors (Lipinski definition) is 2. The van der Waals surface area contributed by atoms with Gasteiger partial charge in [-0.25, -0.2) is 4.98 Å². The molecule has 26 heavy (non-hydrogen) atoms. The fraction of sp³-hybridized carbons (Fsp3) is 0.111. The van der Waals surface area contributed by atoms with Crippen LogP contribution in [0.1, 0.15) is 17.0 Å². The van der Waals surface area contributed by atoms with Gasteiger partial charge >= 0.3 is 0 Å². The molecule has 2 heterocycles. The molecule has 0 aliphatic rings. The predicted octanol–water partition coefficient (Wildman–Crippen LogP) is 2.88. The van der Waals surface area contributed by atoms with Gasteiger partial charge in [0, 0.05) is 28.9 Å². The minimum absolute atomic E-state index is 0.230. The zero-order valence-electron chi connectivity index (χ0n) is 14.2. The van der Waals surface area contributed by atoms with Gasteiger partial charge in [-0.15, -0.1) is 0 Å². The number of amides is 1. The lowest BCUT2D eigenvalue weighted by atomic mass is 10.2. The molecule has 0 atom stereocenters. The van der Waals surface area contributed by atoms with Crippen LogP contribution in [-0.2, 0) is 4.79 Å². The zero-order valence-corrected chi connectivity index (χ0v) is 14.9. The van der Waals surface area contributed by atoms with Crippen molar-refractivity contribution in [3.63, 3.8) is 0 Å². The number of rotatable bonds is 4. The van der Waals surface area contributed by atoms with Gasteiger partial charge in [-0.3, -0.25) is 14.6 Å². The minimum Gasteiger partial charge on any atom is -0.307 e. The summed E-state index contributed by atoms with van der Waals surface area (Å²) in [6, 6.07) is 10.3. The summed E-state index contributed by atoms with van der Waals surface area (Å²) in [5.74, 6) is 0.264. The minimum atomic E-state index is -0.360. The second-order valence-corrected chi connectivity index (χ2v) is 6.04. The molecule has 0 saturated carbocycles. The number of halogens is 1. The third-order valence-corrected chi connectivity index (χ3v) is 3.80. The van der Waals surface area contributed by atoms with E-state index in [1.807, 2.05) is 18.2 Å². The molecule has 0 spiro atoms. The van der Waals surface area contributed by atoms with Gasteiger partial charge in [0.1, 0.15) is 5.82 Å². The van der Waals surface area contributed by atoms with Gasteiger partial charge in [-0.05, 0) is 31.6 Å². The topological polar surface area (TPSA) is 92.7 Å². The number of H-pyrrole nitrogens is 1. The van der Waals surface area contributed by atoms with Crippen molar-refractivity contribution in [1.82, 2.24) is 19.7 Å². The predicted molar refractivity (Wildman–Crippen MR) is 101 cm³/mol. The smallest absolute Gasteiger partial charge is 0.252 e. The van der Waals surface area contributed by atoms with E-state index >= 15 is 0 Å². The van der Waals surface area contributed by atoms with Crippen molar-refractivity contribution < 1.29 is 4.79 Å². The molecule has 0 bridgehead atoms. The average Bonchev–Trinajstić information content (AvgIpc) is 2.93. The molecule has 0 fully saturated rings. The lowest BCUT2D eigenvalue weighted by Crippen LogP contribution is -2.17. The number of aryl methyl sites for hydroxylation is 2. The number of aromatic nitrogens is 4. The Balaban J connectivity index is 1.85. The standard InChI is InChI=1S/C18H16ClN5O2/c1-11-10-17(26)22-18(20-11)24-15(9-12(2)23-24)21-16(25)8-7-13-5-3-4-6-14(13)19/h3-10H,1-2H3,(H,21,25)(H,20,22,26)/b8-7+. The Kier molecular flexibility index (Phi) is 4.99. The van der Waals surface area contributed by atoms with Gasteiger partial charge in [0.25, 0.3) is 5.56 Å². The highest BCUT2D eigenvalue weighted by Crippen LogP contribution is 2.17. The maximum Gasteiger partial charge on any atom is 0.252 e. The lowest BCUT2D eigenvalue weighted by molar-refractivity contribution is -0.111. The summed E-state index contributed by atoms with van der Waals surface area (Å²) < 4.78 is 1.38. The van der Waals surface area contributed by atoms with Gasteiger partial charge in [-0.2, -0.15) is 9.78 Å². The Hall–Kier alpha value is -3.19. The molecule has 0 saturated heterocycles. The Bertz CT molecular complexity index is 1050. The molecule has 3 rings (SSSR count). The van der Waals surface area contributed by atoms with Gasteiger partial charge in [-0.1, -0.05) is 29.8 Å². The van der Waals surface area contributed by atoms with E-state index in [2.05, 4.69) is 20.4 Å². The van der Waals surface area contributed by atoms with E-state index in [-0.39, 0.29) is 17.4 Å². The highest BCUT2D eigenvalue weighted by atomic mass is 35.5. The van der Waals surface area contributed by atoms with E-state index in [0.717, 1.165) is 5.56 Å². The molecule has 132 valence electrons. The highest BCUT2D eigenvalue weighted by Gasteiger charge is 2.12. The molecule has 0 unspecified atom stereocenters. The van der Waals surface area contributed by atoms with Gasteiger partial charge < -0.3 is 5.32 Å².